The van der Waals surface area contributed by atoms with Crippen LogP contribution in [0.5, 0.6) is 0 Å². The summed E-state index contributed by atoms with van der Waals surface area (Å²) in [6.45, 7) is 3.79. The second kappa shape index (κ2) is 4.68. The van der Waals surface area contributed by atoms with Gasteiger partial charge in [-0.15, -0.1) is 0 Å². The van der Waals surface area contributed by atoms with Gasteiger partial charge in [-0.2, -0.15) is 0 Å². The van der Waals surface area contributed by atoms with E-state index in [1.807, 2.05) is 26.0 Å². The van der Waals surface area contributed by atoms with E-state index in [9.17, 15) is 4.79 Å². The molecule has 0 spiro atoms. The zero-order valence-corrected chi connectivity index (χ0v) is 10.5. The van der Waals surface area contributed by atoms with Crippen LogP contribution in [0, 0.1) is 13.8 Å². The van der Waals surface area contributed by atoms with E-state index in [4.69, 9.17) is 11.6 Å². The Hall–Kier alpha value is -1.67. The number of carbonyl (C=O) groups excluding carboxylic acids is 1. The largest absolute Gasteiger partial charge is 0.289 e. The lowest BCUT2D eigenvalue weighted by molar-refractivity contribution is 0.103. The van der Waals surface area contributed by atoms with E-state index in [1.54, 1.807) is 24.4 Å². The van der Waals surface area contributed by atoms with Crippen molar-refractivity contribution in [1.82, 2.24) is 4.98 Å². The molecular weight excluding hydrogens is 234 g/mol. The summed E-state index contributed by atoms with van der Waals surface area (Å²) < 4.78 is 0. The molecule has 3 heteroatoms. The van der Waals surface area contributed by atoms with Crippen LogP contribution in [-0.2, 0) is 0 Å². The van der Waals surface area contributed by atoms with Crippen LogP contribution in [0.15, 0.2) is 36.5 Å². The number of rotatable bonds is 2. The van der Waals surface area contributed by atoms with Crippen molar-refractivity contribution in [1.29, 1.82) is 0 Å². The number of aromatic nitrogens is 1. The number of benzene rings is 1. The van der Waals surface area contributed by atoms with E-state index >= 15 is 0 Å². The minimum absolute atomic E-state index is 0.0561. The minimum Gasteiger partial charge on any atom is -0.289 e. The molecule has 1 aromatic carbocycles. The smallest absolute Gasteiger partial charge is 0.194 e. The molecule has 0 aliphatic rings. The van der Waals surface area contributed by atoms with E-state index in [0.717, 1.165) is 11.3 Å². The summed E-state index contributed by atoms with van der Waals surface area (Å²) in [7, 11) is 0. The average Bonchev–Trinajstić information content (AvgIpc) is 2.33. The maximum absolute atomic E-state index is 12.1. The van der Waals surface area contributed by atoms with Gasteiger partial charge in [0.2, 0.25) is 0 Å². The highest BCUT2D eigenvalue weighted by Crippen LogP contribution is 2.18. The van der Waals surface area contributed by atoms with Gasteiger partial charge in [0.25, 0.3) is 0 Å². The molecule has 1 heterocycles. The maximum Gasteiger partial charge on any atom is 0.194 e. The van der Waals surface area contributed by atoms with Crippen molar-refractivity contribution in [3.8, 4) is 0 Å². The first-order chi connectivity index (χ1) is 8.08. The number of halogens is 1. The van der Waals surface area contributed by atoms with Crippen LogP contribution in [0.3, 0.4) is 0 Å². The average molecular weight is 246 g/mol. The Morgan fingerprint density at radius 1 is 1.12 bits per heavy atom. The van der Waals surface area contributed by atoms with E-state index in [2.05, 4.69) is 4.98 Å². The quantitative estimate of drug-likeness (QED) is 0.757. The number of hydrogen-bond donors (Lipinski definition) is 0. The minimum atomic E-state index is -0.0561. The Labute approximate surface area is 105 Å². The number of aryl methyl sites for hydroxylation is 2. The zero-order valence-electron chi connectivity index (χ0n) is 9.70. The summed E-state index contributed by atoms with van der Waals surface area (Å²) >= 11 is 6.00. The molecule has 0 unspecified atom stereocenters. The Balaban J connectivity index is 2.37. The Morgan fingerprint density at radius 3 is 2.41 bits per heavy atom. The predicted molar refractivity (Wildman–Crippen MR) is 68.6 cm³/mol. The molecular formula is C14H12ClNO. The lowest BCUT2D eigenvalue weighted by atomic mass is 10.0. The highest BCUT2D eigenvalue weighted by atomic mass is 35.5. The van der Waals surface area contributed by atoms with Gasteiger partial charge in [0.05, 0.1) is 0 Å². The third-order valence-electron chi connectivity index (χ3n) is 2.61. The fraction of sp³-hybridized carbons (Fsp3) is 0.143. The number of pyridine rings is 1. The Morgan fingerprint density at radius 2 is 1.82 bits per heavy atom. The lowest BCUT2D eigenvalue weighted by Crippen LogP contribution is -2.02. The first kappa shape index (κ1) is 11.8. The second-order valence-electron chi connectivity index (χ2n) is 3.98. The van der Waals surface area contributed by atoms with Crippen molar-refractivity contribution in [2.24, 2.45) is 0 Å². The third kappa shape index (κ3) is 2.53. The van der Waals surface area contributed by atoms with Crippen molar-refractivity contribution >= 4 is 17.4 Å². The van der Waals surface area contributed by atoms with Crippen LogP contribution in [-0.4, -0.2) is 10.8 Å². The van der Waals surface area contributed by atoms with Gasteiger partial charge in [0.1, 0.15) is 0 Å². The van der Waals surface area contributed by atoms with E-state index in [0.29, 0.717) is 16.1 Å². The summed E-state index contributed by atoms with van der Waals surface area (Å²) in [5.74, 6) is -0.0561. The molecule has 0 atom stereocenters. The monoisotopic (exact) mass is 245 g/mol. The molecule has 2 rings (SSSR count). The van der Waals surface area contributed by atoms with Crippen molar-refractivity contribution in [2.75, 3.05) is 0 Å². The van der Waals surface area contributed by atoms with Gasteiger partial charge < -0.3 is 0 Å². The van der Waals surface area contributed by atoms with Crippen molar-refractivity contribution in [2.45, 2.75) is 13.8 Å². The van der Waals surface area contributed by atoms with Crippen molar-refractivity contribution in [3.63, 3.8) is 0 Å². The summed E-state index contributed by atoms with van der Waals surface area (Å²) in [4.78, 5) is 16.2. The molecule has 2 nitrogen and oxygen atoms in total. The Bertz CT molecular complexity index is 561. The molecule has 0 fully saturated rings. The summed E-state index contributed by atoms with van der Waals surface area (Å²) in [6.07, 6.45) is 1.59. The number of ketones is 1. The fourth-order valence-corrected chi connectivity index (χ4v) is 1.68. The molecule has 17 heavy (non-hydrogen) atoms. The van der Waals surface area contributed by atoms with E-state index < -0.39 is 0 Å². The molecule has 86 valence electrons. The molecule has 0 saturated carbocycles. The van der Waals surface area contributed by atoms with Gasteiger partial charge in [-0.25, -0.2) is 0 Å². The van der Waals surface area contributed by atoms with E-state index in [-0.39, 0.29) is 5.78 Å². The standard InChI is InChI=1S/C14H12ClNO/c1-9-3-5-11(7-13(9)15)14(17)12-6-4-10(2)16-8-12/h3-8H,1-2H3. The zero-order chi connectivity index (χ0) is 12.4. The second-order valence-corrected chi connectivity index (χ2v) is 4.39. The molecule has 0 saturated heterocycles. The van der Waals surface area contributed by atoms with Gasteiger partial charge in [0.15, 0.2) is 5.78 Å². The van der Waals surface area contributed by atoms with Gasteiger partial charge in [-0.1, -0.05) is 23.7 Å². The third-order valence-corrected chi connectivity index (χ3v) is 3.01. The summed E-state index contributed by atoms with van der Waals surface area (Å²) in [5.41, 5.74) is 3.02. The molecule has 0 radical (unpaired) electrons. The lowest BCUT2D eigenvalue weighted by Gasteiger charge is -2.03. The molecule has 1 aromatic heterocycles. The van der Waals surface area contributed by atoms with Crippen LogP contribution in [0.2, 0.25) is 5.02 Å². The van der Waals surface area contributed by atoms with Crippen LogP contribution in [0.25, 0.3) is 0 Å². The maximum atomic E-state index is 12.1. The molecule has 0 aliphatic heterocycles. The van der Waals surface area contributed by atoms with Crippen molar-refractivity contribution in [3.05, 3.63) is 63.9 Å². The molecule has 0 bridgehead atoms. The van der Waals surface area contributed by atoms with Crippen LogP contribution in [0.4, 0.5) is 0 Å². The first-order valence-corrected chi connectivity index (χ1v) is 5.69. The molecule has 0 amide bonds. The number of carbonyl (C=O) groups is 1. The first-order valence-electron chi connectivity index (χ1n) is 5.31. The highest BCUT2D eigenvalue weighted by Gasteiger charge is 2.10. The van der Waals surface area contributed by atoms with Crippen molar-refractivity contribution < 1.29 is 4.79 Å². The fourth-order valence-electron chi connectivity index (χ4n) is 1.50. The SMILES string of the molecule is Cc1ccc(C(=O)c2ccc(C)c(Cl)c2)cn1. The summed E-state index contributed by atoms with van der Waals surface area (Å²) in [6, 6.07) is 8.92. The molecule has 0 N–H and O–H groups in total. The normalized spacial score (nSPS) is 10.3. The highest BCUT2D eigenvalue weighted by molar-refractivity contribution is 6.31. The van der Waals surface area contributed by atoms with Gasteiger partial charge in [0, 0.05) is 28.0 Å². The van der Waals surface area contributed by atoms with Gasteiger partial charge in [-0.3, -0.25) is 9.78 Å². The van der Waals surface area contributed by atoms with Crippen LogP contribution in [0.1, 0.15) is 27.2 Å². The number of hydrogen-bond acceptors (Lipinski definition) is 2. The van der Waals surface area contributed by atoms with Gasteiger partial charge in [-0.05, 0) is 37.6 Å². The van der Waals surface area contributed by atoms with Crippen LogP contribution < -0.4 is 0 Å². The van der Waals surface area contributed by atoms with Gasteiger partial charge >= 0.3 is 0 Å². The topological polar surface area (TPSA) is 30.0 Å². The van der Waals surface area contributed by atoms with Crippen LogP contribution >= 0.6 is 11.6 Å². The Kier molecular flexibility index (Phi) is 3.25. The molecule has 0 aliphatic carbocycles. The number of nitrogens with zero attached hydrogens (tertiary/aromatic N) is 1. The summed E-state index contributed by atoms with van der Waals surface area (Å²) in [5, 5.41) is 0.607. The predicted octanol–water partition coefficient (Wildman–Crippen LogP) is 3.58. The van der Waals surface area contributed by atoms with E-state index in [1.165, 1.54) is 0 Å². The molecule has 2 aromatic rings.